The van der Waals surface area contributed by atoms with Gasteiger partial charge in [-0.15, -0.1) is 11.6 Å². The summed E-state index contributed by atoms with van der Waals surface area (Å²) in [5.41, 5.74) is 0.863. The molecule has 0 N–H and O–H groups in total. The molecule has 4 nitrogen and oxygen atoms in total. The molecule has 0 bridgehead atoms. The van der Waals surface area contributed by atoms with Gasteiger partial charge in [0.25, 0.3) is 0 Å². The van der Waals surface area contributed by atoms with Crippen LogP contribution in [0.15, 0.2) is 18.2 Å². The fraction of sp³-hybridized carbons (Fsp3) is 0.538. The average Bonchev–Trinajstić information content (AvgIpc) is 2.39. The second-order valence-corrected chi connectivity index (χ2v) is 4.84. The quantitative estimate of drug-likeness (QED) is 0.471. The van der Waals surface area contributed by atoms with E-state index in [0.717, 1.165) is 31.2 Å². The zero-order valence-electron chi connectivity index (χ0n) is 10.1. The molecule has 0 unspecified atom stereocenters. The second-order valence-electron chi connectivity index (χ2n) is 4.57. The molecule has 0 spiro atoms. The van der Waals surface area contributed by atoms with Gasteiger partial charge in [-0.3, -0.25) is 10.1 Å². The van der Waals surface area contributed by atoms with Crippen LogP contribution in [0, 0.1) is 10.1 Å². The lowest BCUT2D eigenvalue weighted by molar-refractivity contribution is -0.386. The minimum Gasteiger partial charge on any atom is -0.483 e. The predicted octanol–water partition coefficient (Wildman–Crippen LogP) is 4.05. The first kappa shape index (κ1) is 13.1. The number of nitro groups is 1. The van der Waals surface area contributed by atoms with Gasteiger partial charge in [-0.1, -0.05) is 12.5 Å². The zero-order chi connectivity index (χ0) is 13.0. The summed E-state index contributed by atoms with van der Waals surface area (Å²) in [7, 11) is 0. The Hall–Kier alpha value is -1.29. The molecule has 1 aliphatic carbocycles. The number of nitrogens with zero attached hydrogens (tertiary/aromatic N) is 1. The molecular weight excluding hydrogens is 254 g/mol. The van der Waals surface area contributed by atoms with Crippen LogP contribution in [0.5, 0.6) is 5.75 Å². The molecule has 1 fully saturated rings. The number of halogens is 1. The summed E-state index contributed by atoms with van der Waals surface area (Å²) < 4.78 is 5.79. The zero-order valence-corrected chi connectivity index (χ0v) is 10.9. The van der Waals surface area contributed by atoms with Gasteiger partial charge < -0.3 is 4.74 Å². The largest absolute Gasteiger partial charge is 0.483 e. The topological polar surface area (TPSA) is 52.4 Å². The van der Waals surface area contributed by atoms with Crippen molar-refractivity contribution < 1.29 is 9.66 Å². The molecule has 98 valence electrons. The van der Waals surface area contributed by atoms with Crippen molar-refractivity contribution in [2.24, 2.45) is 0 Å². The van der Waals surface area contributed by atoms with Crippen LogP contribution in [0.25, 0.3) is 0 Å². The maximum Gasteiger partial charge on any atom is 0.310 e. The van der Waals surface area contributed by atoms with Crippen LogP contribution in [0.1, 0.15) is 37.7 Å². The van der Waals surface area contributed by atoms with E-state index < -0.39 is 4.92 Å². The molecule has 0 saturated heterocycles. The summed E-state index contributed by atoms with van der Waals surface area (Å²) in [6, 6.07) is 4.81. The van der Waals surface area contributed by atoms with Crippen LogP contribution in [-0.2, 0) is 5.88 Å². The second kappa shape index (κ2) is 6.05. The van der Waals surface area contributed by atoms with E-state index in [1.54, 1.807) is 12.1 Å². The number of benzene rings is 1. The molecule has 0 aliphatic heterocycles. The smallest absolute Gasteiger partial charge is 0.310 e. The monoisotopic (exact) mass is 269 g/mol. The maximum absolute atomic E-state index is 11.0. The molecule has 0 aromatic heterocycles. The van der Waals surface area contributed by atoms with E-state index in [-0.39, 0.29) is 11.8 Å². The van der Waals surface area contributed by atoms with Gasteiger partial charge in [0, 0.05) is 11.9 Å². The van der Waals surface area contributed by atoms with E-state index in [1.165, 1.54) is 12.5 Å². The van der Waals surface area contributed by atoms with Gasteiger partial charge in [-0.2, -0.15) is 0 Å². The van der Waals surface area contributed by atoms with E-state index in [4.69, 9.17) is 16.3 Å². The van der Waals surface area contributed by atoms with E-state index in [2.05, 4.69) is 0 Å². The Morgan fingerprint density at radius 1 is 1.33 bits per heavy atom. The Morgan fingerprint density at radius 2 is 2.06 bits per heavy atom. The highest BCUT2D eigenvalue weighted by molar-refractivity contribution is 6.17. The Bertz CT molecular complexity index is 430. The first-order valence-electron chi connectivity index (χ1n) is 6.20. The Balaban J connectivity index is 2.19. The number of hydrogen-bond acceptors (Lipinski definition) is 3. The van der Waals surface area contributed by atoms with Crippen molar-refractivity contribution in [3.63, 3.8) is 0 Å². The molecule has 2 rings (SSSR count). The third kappa shape index (κ3) is 3.13. The molecule has 1 aromatic rings. The minimum absolute atomic E-state index is 0.0226. The standard InChI is InChI=1S/C13H16ClNO3/c14-9-10-6-7-12(15(16)17)13(8-10)18-11-4-2-1-3-5-11/h6-8,11H,1-5,9H2. The molecule has 5 heteroatoms. The molecule has 18 heavy (non-hydrogen) atoms. The summed E-state index contributed by atoms with van der Waals surface area (Å²) in [4.78, 5) is 10.5. The molecule has 0 atom stereocenters. The van der Waals surface area contributed by atoms with Gasteiger partial charge in [0.2, 0.25) is 0 Å². The van der Waals surface area contributed by atoms with E-state index in [1.807, 2.05) is 0 Å². The molecule has 1 aliphatic rings. The first-order chi connectivity index (χ1) is 8.70. The summed E-state index contributed by atoms with van der Waals surface area (Å²) in [5.74, 6) is 0.684. The Labute approximate surface area is 111 Å². The first-order valence-corrected chi connectivity index (χ1v) is 6.74. The summed E-state index contributed by atoms with van der Waals surface area (Å²) in [6.45, 7) is 0. The minimum atomic E-state index is -0.407. The van der Waals surface area contributed by atoms with Crippen LogP contribution < -0.4 is 4.74 Å². The van der Waals surface area contributed by atoms with E-state index in [0.29, 0.717) is 11.6 Å². The Kier molecular flexibility index (Phi) is 4.42. The van der Waals surface area contributed by atoms with Crippen molar-refractivity contribution >= 4 is 17.3 Å². The number of ether oxygens (including phenoxy) is 1. The van der Waals surface area contributed by atoms with Gasteiger partial charge >= 0.3 is 5.69 Å². The van der Waals surface area contributed by atoms with Crippen LogP contribution in [-0.4, -0.2) is 11.0 Å². The number of hydrogen-bond donors (Lipinski definition) is 0. The molecule has 1 saturated carbocycles. The molecule has 1 aromatic carbocycles. The van der Waals surface area contributed by atoms with Crippen molar-refractivity contribution in [1.29, 1.82) is 0 Å². The fourth-order valence-corrected chi connectivity index (χ4v) is 2.42. The molecule has 0 heterocycles. The SMILES string of the molecule is O=[N+]([O-])c1ccc(CCl)cc1OC1CCCCC1. The van der Waals surface area contributed by atoms with Gasteiger partial charge in [0.1, 0.15) is 0 Å². The van der Waals surface area contributed by atoms with Crippen LogP contribution in [0.4, 0.5) is 5.69 Å². The maximum atomic E-state index is 11.0. The van der Waals surface area contributed by atoms with Gasteiger partial charge in [0.15, 0.2) is 5.75 Å². The third-order valence-electron chi connectivity index (χ3n) is 3.22. The van der Waals surface area contributed by atoms with Crippen molar-refractivity contribution in [3.8, 4) is 5.75 Å². The van der Waals surface area contributed by atoms with Crippen molar-refractivity contribution in [3.05, 3.63) is 33.9 Å². The molecule has 0 amide bonds. The molecular formula is C13H16ClNO3. The summed E-state index contributed by atoms with van der Waals surface area (Å²) in [6.07, 6.45) is 5.54. The van der Waals surface area contributed by atoms with E-state index in [9.17, 15) is 10.1 Å². The summed E-state index contributed by atoms with van der Waals surface area (Å²) >= 11 is 5.75. The van der Waals surface area contributed by atoms with Gasteiger partial charge in [0.05, 0.1) is 11.0 Å². The highest BCUT2D eigenvalue weighted by Crippen LogP contribution is 2.32. The highest BCUT2D eigenvalue weighted by atomic mass is 35.5. The van der Waals surface area contributed by atoms with E-state index >= 15 is 0 Å². The average molecular weight is 270 g/mol. The van der Waals surface area contributed by atoms with Crippen LogP contribution in [0.2, 0.25) is 0 Å². The highest BCUT2D eigenvalue weighted by Gasteiger charge is 2.21. The van der Waals surface area contributed by atoms with Crippen molar-refractivity contribution in [2.75, 3.05) is 0 Å². The van der Waals surface area contributed by atoms with Crippen molar-refractivity contribution in [1.82, 2.24) is 0 Å². The molecule has 0 radical (unpaired) electrons. The lowest BCUT2D eigenvalue weighted by Gasteiger charge is -2.22. The number of nitro benzene ring substituents is 1. The van der Waals surface area contributed by atoms with Gasteiger partial charge in [-0.25, -0.2) is 0 Å². The lowest BCUT2D eigenvalue weighted by atomic mass is 9.98. The third-order valence-corrected chi connectivity index (χ3v) is 3.53. The summed E-state index contributed by atoms with van der Waals surface area (Å²) in [5, 5.41) is 11.0. The van der Waals surface area contributed by atoms with Crippen molar-refractivity contribution in [2.45, 2.75) is 44.1 Å². The van der Waals surface area contributed by atoms with Gasteiger partial charge in [-0.05, 0) is 37.3 Å². The number of alkyl halides is 1. The normalized spacial score (nSPS) is 16.5. The van der Waals surface area contributed by atoms with Crippen LogP contribution in [0.3, 0.4) is 0 Å². The fourth-order valence-electron chi connectivity index (χ4n) is 2.25. The predicted molar refractivity (Wildman–Crippen MR) is 70.2 cm³/mol. The number of rotatable bonds is 4. The lowest BCUT2D eigenvalue weighted by Crippen LogP contribution is -2.20. The Morgan fingerprint density at radius 3 is 2.67 bits per heavy atom. The van der Waals surface area contributed by atoms with Crippen LogP contribution >= 0.6 is 11.6 Å².